The summed E-state index contributed by atoms with van der Waals surface area (Å²) >= 11 is 0. The van der Waals surface area contributed by atoms with Crippen LogP contribution in [0.1, 0.15) is 32.6 Å². The number of hydrogen-bond acceptors (Lipinski definition) is 3. The fourth-order valence-electron chi connectivity index (χ4n) is 2.50. The molecule has 0 amide bonds. The molecule has 4 nitrogen and oxygen atoms in total. The largest absolute Gasteiger partial charge is 0.381 e. The van der Waals surface area contributed by atoms with Gasteiger partial charge in [-0.1, -0.05) is 13.8 Å². The SMILES string of the molecule is COC1CC(NCc2nccn2C(F)F)C1(C)C. The first-order chi connectivity index (χ1) is 8.46. The number of aromatic nitrogens is 2. The third kappa shape index (κ3) is 2.27. The predicted octanol–water partition coefficient (Wildman–Crippen LogP) is 2.18. The van der Waals surface area contributed by atoms with Gasteiger partial charge in [-0.2, -0.15) is 8.78 Å². The third-order valence-corrected chi connectivity index (χ3v) is 3.93. The van der Waals surface area contributed by atoms with Gasteiger partial charge in [0.2, 0.25) is 0 Å². The Labute approximate surface area is 105 Å². The van der Waals surface area contributed by atoms with Gasteiger partial charge in [0.25, 0.3) is 0 Å². The zero-order valence-corrected chi connectivity index (χ0v) is 10.9. The molecule has 0 bridgehead atoms. The molecule has 18 heavy (non-hydrogen) atoms. The summed E-state index contributed by atoms with van der Waals surface area (Å²) in [4.78, 5) is 3.94. The number of methoxy groups -OCH3 is 1. The van der Waals surface area contributed by atoms with Crippen LogP contribution in [-0.4, -0.2) is 28.8 Å². The van der Waals surface area contributed by atoms with Gasteiger partial charge in [-0.05, 0) is 6.42 Å². The van der Waals surface area contributed by atoms with E-state index in [1.165, 1.54) is 12.4 Å². The van der Waals surface area contributed by atoms with Gasteiger partial charge in [0.15, 0.2) is 0 Å². The molecule has 2 unspecified atom stereocenters. The highest BCUT2D eigenvalue weighted by atomic mass is 19.3. The van der Waals surface area contributed by atoms with Crippen molar-refractivity contribution in [3.8, 4) is 0 Å². The lowest BCUT2D eigenvalue weighted by molar-refractivity contribution is -0.0982. The Balaban J connectivity index is 1.91. The van der Waals surface area contributed by atoms with E-state index in [2.05, 4.69) is 24.1 Å². The van der Waals surface area contributed by atoms with Crippen molar-refractivity contribution in [1.29, 1.82) is 0 Å². The fourth-order valence-corrected chi connectivity index (χ4v) is 2.50. The molecule has 2 rings (SSSR count). The van der Waals surface area contributed by atoms with Crippen molar-refractivity contribution in [2.75, 3.05) is 7.11 Å². The minimum absolute atomic E-state index is 0.0248. The van der Waals surface area contributed by atoms with Gasteiger partial charge >= 0.3 is 6.55 Å². The molecule has 1 aliphatic rings. The zero-order chi connectivity index (χ0) is 13.3. The molecule has 1 aliphatic carbocycles. The van der Waals surface area contributed by atoms with Crippen LogP contribution in [0.3, 0.4) is 0 Å². The number of nitrogens with one attached hydrogen (secondary N) is 1. The van der Waals surface area contributed by atoms with Crippen LogP contribution in [0.5, 0.6) is 0 Å². The Morgan fingerprint density at radius 2 is 2.33 bits per heavy atom. The highest BCUT2D eigenvalue weighted by molar-refractivity contribution is 5.04. The van der Waals surface area contributed by atoms with Crippen LogP contribution in [0, 0.1) is 5.41 Å². The third-order valence-electron chi connectivity index (χ3n) is 3.93. The van der Waals surface area contributed by atoms with Gasteiger partial charge in [-0.3, -0.25) is 4.57 Å². The summed E-state index contributed by atoms with van der Waals surface area (Å²) in [6.07, 6.45) is 3.82. The first-order valence-electron chi connectivity index (χ1n) is 6.03. The number of alkyl halides is 2. The Bertz CT molecular complexity index is 406. The van der Waals surface area contributed by atoms with Gasteiger partial charge in [-0.15, -0.1) is 0 Å². The zero-order valence-electron chi connectivity index (χ0n) is 10.9. The average molecular weight is 259 g/mol. The number of ether oxygens (including phenoxy) is 1. The lowest BCUT2D eigenvalue weighted by atomic mass is 9.64. The molecule has 1 fully saturated rings. The quantitative estimate of drug-likeness (QED) is 0.881. The minimum atomic E-state index is -2.54. The van der Waals surface area contributed by atoms with Crippen LogP contribution < -0.4 is 5.32 Å². The number of hydrogen-bond donors (Lipinski definition) is 1. The fraction of sp³-hybridized carbons (Fsp3) is 0.750. The second kappa shape index (κ2) is 4.93. The van der Waals surface area contributed by atoms with Crippen molar-refractivity contribution in [2.24, 2.45) is 5.41 Å². The van der Waals surface area contributed by atoms with E-state index in [1.54, 1.807) is 7.11 Å². The molecule has 0 saturated heterocycles. The maximum atomic E-state index is 12.6. The van der Waals surface area contributed by atoms with Gasteiger partial charge < -0.3 is 10.1 Å². The maximum Gasteiger partial charge on any atom is 0.319 e. The molecule has 0 aromatic carbocycles. The Hall–Kier alpha value is -1.01. The summed E-state index contributed by atoms with van der Waals surface area (Å²) in [5.74, 6) is 0.363. The van der Waals surface area contributed by atoms with Crippen molar-refractivity contribution >= 4 is 0 Å². The minimum Gasteiger partial charge on any atom is -0.381 e. The lowest BCUT2D eigenvalue weighted by Crippen LogP contribution is -2.60. The Kier molecular flexibility index (Phi) is 3.68. The van der Waals surface area contributed by atoms with Gasteiger partial charge in [0, 0.05) is 31.0 Å². The van der Waals surface area contributed by atoms with E-state index >= 15 is 0 Å². The molecule has 1 heterocycles. The average Bonchev–Trinajstić information content (AvgIpc) is 2.76. The second-order valence-corrected chi connectivity index (χ2v) is 5.24. The topological polar surface area (TPSA) is 39.1 Å². The molecule has 6 heteroatoms. The molecule has 2 atom stereocenters. The van der Waals surface area contributed by atoms with Crippen LogP contribution in [0.15, 0.2) is 12.4 Å². The molecule has 0 aliphatic heterocycles. The molecular weight excluding hydrogens is 240 g/mol. The Morgan fingerprint density at radius 3 is 2.89 bits per heavy atom. The van der Waals surface area contributed by atoms with Crippen molar-refractivity contribution in [3.63, 3.8) is 0 Å². The van der Waals surface area contributed by atoms with E-state index in [9.17, 15) is 8.78 Å². The van der Waals surface area contributed by atoms with Crippen molar-refractivity contribution < 1.29 is 13.5 Å². The van der Waals surface area contributed by atoms with E-state index in [0.717, 1.165) is 11.0 Å². The molecule has 1 N–H and O–H groups in total. The van der Waals surface area contributed by atoms with Gasteiger partial charge in [0.05, 0.1) is 12.6 Å². The van der Waals surface area contributed by atoms with Crippen molar-refractivity contribution in [2.45, 2.75) is 45.5 Å². The van der Waals surface area contributed by atoms with Crippen molar-refractivity contribution in [3.05, 3.63) is 18.2 Å². The highest BCUT2D eigenvalue weighted by Gasteiger charge is 2.48. The number of imidazole rings is 1. The number of halogens is 2. The summed E-state index contributed by atoms with van der Waals surface area (Å²) in [6, 6.07) is 0.269. The van der Waals surface area contributed by atoms with Gasteiger partial charge in [0.1, 0.15) is 5.82 Å². The molecule has 0 spiro atoms. The monoisotopic (exact) mass is 259 g/mol. The number of nitrogens with zero attached hydrogens (tertiary/aromatic N) is 2. The van der Waals surface area contributed by atoms with E-state index in [-0.39, 0.29) is 17.6 Å². The van der Waals surface area contributed by atoms with Crippen LogP contribution in [-0.2, 0) is 11.3 Å². The van der Waals surface area contributed by atoms with E-state index in [1.807, 2.05) is 0 Å². The Morgan fingerprint density at radius 1 is 1.61 bits per heavy atom. The van der Waals surface area contributed by atoms with Crippen molar-refractivity contribution in [1.82, 2.24) is 14.9 Å². The van der Waals surface area contributed by atoms with E-state index in [4.69, 9.17) is 4.74 Å². The highest BCUT2D eigenvalue weighted by Crippen LogP contribution is 2.42. The standard InChI is InChI=1S/C12H19F2N3O/c1-12(2)8(6-9(12)18-3)16-7-10-15-4-5-17(10)11(13)14/h4-5,8-9,11,16H,6-7H2,1-3H3. The van der Waals surface area contributed by atoms with E-state index < -0.39 is 6.55 Å². The maximum absolute atomic E-state index is 12.6. The second-order valence-electron chi connectivity index (χ2n) is 5.24. The summed E-state index contributed by atoms with van der Waals surface area (Å²) in [5.41, 5.74) is 0.0248. The van der Waals surface area contributed by atoms with E-state index in [0.29, 0.717) is 12.4 Å². The normalized spacial score (nSPS) is 26.3. The van der Waals surface area contributed by atoms with Crippen LogP contribution in [0.2, 0.25) is 0 Å². The van der Waals surface area contributed by atoms with Crippen LogP contribution in [0.25, 0.3) is 0 Å². The first kappa shape index (κ1) is 13.4. The number of rotatable bonds is 5. The predicted molar refractivity (Wildman–Crippen MR) is 63.3 cm³/mol. The molecular formula is C12H19F2N3O. The van der Waals surface area contributed by atoms with Crippen LogP contribution in [0.4, 0.5) is 8.78 Å². The van der Waals surface area contributed by atoms with Crippen LogP contribution >= 0.6 is 0 Å². The molecule has 102 valence electrons. The summed E-state index contributed by atoms with van der Waals surface area (Å²) in [5, 5.41) is 3.27. The summed E-state index contributed by atoms with van der Waals surface area (Å²) < 4.78 is 31.5. The van der Waals surface area contributed by atoms with Gasteiger partial charge in [-0.25, -0.2) is 4.98 Å². The smallest absolute Gasteiger partial charge is 0.319 e. The summed E-state index contributed by atoms with van der Waals surface area (Å²) in [6.45, 7) is 2.04. The molecule has 1 aromatic heterocycles. The lowest BCUT2D eigenvalue weighted by Gasteiger charge is -2.51. The molecule has 1 saturated carbocycles. The first-order valence-corrected chi connectivity index (χ1v) is 6.03. The molecule has 1 aromatic rings. The molecule has 0 radical (unpaired) electrons. The summed E-state index contributed by atoms with van der Waals surface area (Å²) in [7, 11) is 1.70.